The Morgan fingerprint density at radius 3 is 2.17 bits per heavy atom. The molecule has 1 aromatic carbocycles. The fourth-order valence-corrected chi connectivity index (χ4v) is 2.96. The Labute approximate surface area is 136 Å². The first-order valence-corrected chi connectivity index (χ1v) is 9.20. The topological polar surface area (TPSA) is 101 Å². The van der Waals surface area contributed by atoms with Gasteiger partial charge in [0.1, 0.15) is 6.04 Å². The summed E-state index contributed by atoms with van der Waals surface area (Å²) in [6, 6.07) is 5.14. The van der Waals surface area contributed by atoms with E-state index in [0.717, 1.165) is 0 Å². The first-order chi connectivity index (χ1) is 10.7. The van der Waals surface area contributed by atoms with E-state index in [-0.39, 0.29) is 23.0 Å². The van der Waals surface area contributed by atoms with Gasteiger partial charge in [-0.05, 0) is 23.6 Å². The maximum absolute atomic E-state index is 12.0. The highest BCUT2D eigenvalue weighted by atomic mass is 32.2. The fraction of sp³-hybridized carbons (Fsp3) is 0.500. The molecule has 0 aromatic heterocycles. The van der Waals surface area contributed by atoms with E-state index in [1.807, 2.05) is 6.92 Å². The Balaban J connectivity index is 2.76. The van der Waals surface area contributed by atoms with Crippen LogP contribution in [0, 0.1) is 5.92 Å². The molecule has 0 unspecified atom stereocenters. The molecular formula is C16H23NO5S. The molecule has 0 heterocycles. The average Bonchev–Trinajstić information content (AvgIpc) is 2.52. The number of amides is 1. The van der Waals surface area contributed by atoms with E-state index in [0.29, 0.717) is 12.0 Å². The predicted octanol–water partition coefficient (Wildman–Crippen LogP) is 1.64. The molecule has 128 valence electrons. The minimum Gasteiger partial charge on any atom is -0.480 e. The zero-order chi connectivity index (χ0) is 17.6. The largest absolute Gasteiger partial charge is 0.480 e. The van der Waals surface area contributed by atoms with Crippen LogP contribution in [-0.2, 0) is 25.8 Å². The van der Waals surface area contributed by atoms with Crippen LogP contribution in [0.1, 0.15) is 32.8 Å². The molecule has 0 saturated heterocycles. The molecule has 0 aliphatic rings. The van der Waals surface area contributed by atoms with Gasteiger partial charge in [0.2, 0.25) is 5.91 Å². The van der Waals surface area contributed by atoms with E-state index < -0.39 is 27.8 Å². The average molecular weight is 341 g/mol. The molecule has 7 heteroatoms. The van der Waals surface area contributed by atoms with Gasteiger partial charge in [-0.25, -0.2) is 13.2 Å². The maximum atomic E-state index is 12.0. The molecule has 0 radical (unpaired) electrons. The molecule has 1 rings (SSSR count). The lowest BCUT2D eigenvalue weighted by atomic mass is 9.99. The zero-order valence-corrected chi connectivity index (χ0v) is 14.4. The van der Waals surface area contributed by atoms with Gasteiger partial charge < -0.3 is 10.4 Å². The van der Waals surface area contributed by atoms with Gasteiger partial charge in [-0.15, -0.1) is 0 Å². The van der Waals surface area contributed by atoms with Gasteiger partial charge in [-0.2, -0.15) is 0 Å². The zero-order valence-electron chi connectivity index (χ0n) is 13.6. The summed E-state index contributed by atoms with van der Waals surface area (Å²) in [4.78, 5) is 23.4. The van der Waals surface area contributed by atoms with Crippen LogP contribution in [0.3, 0.4) is 0 Å². The van der Waals surface area contributed by atoms with E-state index in [1.54, 1.807) is 26.0 Å². The highest BCUT2D eigenvalue weighted by molar-refractivity contribution is 7.91. The molecule has 23 heavy (non-hydrogen) atoms. The first kappa shape index (κ1) is 19.2. The van der Waals surface area contributed by atoms with E-state index in [1.165, 1.54) is 12.1 Å². The van der Waals surface area contributed by atoms with Gasteiger partial charge in [0.05, 0.1) is 17.1 Å². The number of carboxylic acids is 1. The van der Waals surface area contributed by atoms with Crippen molar-refractivity contribution in [3.8, 4) is 0 Å². The van der Waals surface area contributed by atoms with Gasteiger partial charge >= 0.3 is 5.97 Å². The van der Waals surface area contributed by atoms with Gasteiger partial charge in [-0.3, -0.25) is 4.79 Å². The smallest absolute Gasteiger partial charge is 0.326 e. The van der Waals surface area contributed by atoms with Crippen LogP contribution in [0.2, 0.25) is 0 Å². The van der Waals surface area contributed by atoms with Crippen molar-refractivity contribution >= 4 is 21.7 Å². The summed E-state index contributed by atoms with van der Waals surface area (Å²) in [5.41, 5.74) is 0.630. The van der Waals surface area contributed by atoms with Crippen molar-refractivity contribution in [2.24, 2.45) is 5.92 Å². The normalized spacial score (nSPS) is 14.0. The van der Waals surface area contributed by atoms with Gasteiger partial charge in [0, 0.05) is 0 Å². The summed E-state index contributed by atoms with van der Waals surface area (Å²) in [5, 5.41) is 11.7. The Bertz CT molecular complexity index is 652. The number of carbonyl (C=O) groups is 2. The van der Waals surface area contributed by atoms with E-state index in [2.05, 4.69) is 5.32 Å². The van der Waals surface area contributed by atoms with Crippen LogP contribution < -0.4 is 5.32 Å². The van der Waals surface area contributed by atoms with Crippen LogP contribution in [0.4, 0.5) is 0 Å². The quantitative estimate of drug-likeness (QED) is 0.748. The number of sulfone groups is 1. The molecule has 0 bridgehead atoms. The monoisotopic (exact) mass is 341 g/mol. The second kappa shape index (κ2) is 8.10. The van der Waals surface area contributed by atoms with Crippen molar-refractivity contribution in [1.82, 2.24) is 5.32 Å². The van der Waals surface area contributed by atoms with Crippen LogP contribution in [0.15, 0.2) is 29.2 Å². The van der Waals surface area contributed by atoms with Crippen LogP contribution in [0.5, 0.6) is 0 Å². The number of hydrogen-bond donors (Lipinski definition) is 2. The van der Waals surface area contributed by atoms with Crippen molar-refractivity contribution in [2.45, 2.75) is 44.6 Å². The number of carbonyl (C=O) groups excluding carboxylic acids is 1. The maximum Gasteiger partial charge on any atom is 0.326 e. The molecule has 6 nitrogen and oxygen atoms in total. The Morgan fingerprint density at radius 1 is 1.17 bits per heavy atom. The summed E-state index contributed by atoms with van der Waals surface area (Å²) in [6.07, 6.45) is 0.646. The Morgan fingerprint density at radius 2 is 1.74 bits per heavy atom. The highest BCUT2D eigenvalue weighted by Gasteiger charge is 2.25. The molecule has 0 aliphatic heterocycles. The minimum absolute atomic E-state index is 0.00661. The van der Waals surface area contributed by atoms with E-state index >= 15 is 0 Å². The summed E-state index contributed by atoms with van der Waals surface area (Å²) in [5.74, 6) is -1.61. The third-order valence-corrected chi connectivity index (χ3v) is 5.57. The summed E-state index contributed by atoms with van der Waals surface area (Å²) < 4.78 is 23.4. The molecule has 2 N–H and O–H groups in total. The Hall–Kier alpha value is -1.89. The van der Waals surface area contributed by atoms with Gasteiger partial charge in [0.15, 0.2) is 9.84 Å². The van der Waals surface area contributed by atoms with Crippen molar-refractivity contribution in [3.05, 3.63) is 29.8 Å². The fourth-order valence-electron chi connectivity index (χ4n) is 2.07. The summed E-state index contributed by atoms with van der Waals surface area (Å²) >= 11 is 0. The highest BCUT2D eigenvalue weighted by Crippen LogP contribution is 2.13. The minimum atomic E-state index is -3.27. The van der Waals surface area contributed by atoms with E-state index in [4.69, 9.17) is 5.11 Å². The predicted molar refractivity (Wildman–Crippen MR) is 86.9 cm³/mol. The van der Waals surface area contributed by atoms with Crippen LogP contribution >= 0.6 is 0 Å². The number of benzene rings is 1. The van der Waals surface area contributed by atoms with Crippen LogP contribution in [0.25, 0.3) is 0 Å². The standard InChI is InChI=1S/C16H23NO5S/c1-4-11(3)15(16(19)20)17-14(18)10-12-6-8-13(9-7-12)23(21,22)5-2/h6-9,11,15H,4-5,10H2,1-3H3,(H,17,18)(H,19,20)/t11-,15-/m0/s1. The molecule has 1 amide bonds. The molecule has 0 aliphatic carbocycles. The van der Waals surface area contributed by atoms with Crippen molar-refractivity contribution in [2.75, 3.05) is 5.75 Å². The van der Waals surface area contributed by atoms with Crippen molar-refractivity contribution < 1.29 is 23.1 Å². The number of nitrogens with one attached hydrogen (secondary N) is 1. The second-order valence-corrected chi connectivity index (χ2v) is 7.77. The molecule has 2 atom stereocenters. The summed E-state index contributed by atoms with van der Waals surface area (Å²) in [6.45, 7) is 5.20. The molecule has 0 saturated carbocycles. The third-order valence-electron chi connectivity index (χ3n) is 3.82. The molecular weight excluding hydrogens is 318 g/mol. The number of hydrogen-bond acceptors (Lipinski definition) is 4. The number of aliphatic carboxylic acids is 1. The first-order valence-electron chi connectivity index (χ1n) is 7.55. The Kier molecular flexibility index (Phi) is 6.75. The lowest BCUT2D eigenvalue weighted by molar-refractivity contribution is -0.143. The summed E-state index contributed by atoms with van der Waals surface area (Å²) in [7, 11) is -3.27. The third kappa shape index (κ3) is 5.35. The number of rotatable bonds is 8. The molecule has 1 aromatic rings. The van der Waals surface area contributed by atoms with E-state index in [9.17, 15) is 18.0 Å². The molecule has 0 spiro atoms. The molecule has 0 fully saturated rings. The second-order valence-electron chi connectivity index (χ2n) is 5.49. The van der Waals surface area contributed by atoms with Gasteiger partial charge in [-0.1, -0.05) is 39.3 Å². The SMILES string of the molecule is CC[C@H](C)[C@H](NC(=O)Cc1ccc(S(=O)(=O)CC)cc1)C(=O)O. The van der Waals surface area contributed by atoms with Crippen molar-refractivity contribution in [1.29, 1.82) is 0 Å². The van der Waals surface area contributed by atoms with Crippen molar-refractivity contribution in [3.63, 3.8) is 0 Å². The lowest BCUT2D eigenvalue weighted by Gasteiger charge is -2.20. The van der Waals surface area contributed by atoms with Crippen LogP contribution in [-0.4, -0.2) is 37.2 Å². The van der Waals surface area contributed by atoms with Gasteiger partial charge in [0.25, 0.3) is 0 Å². The lowest BCUT2D eigenvalue weighted by Crippen LogP contribution is -2.45. The number of carboxylic acid groups (broad SMARTS) is 1.